The third kappa shape index (κ3) is 38.3. The van der Waals surface area contributed by atoms with Crippen LogP contribution in [0, 0.1) is 62.3 Å². The van der Waals surface area contributed by atoms with Gasteiger partial charge in [-0.05, 0) is 269 Å². The molecule has 522 valence electrons. The summed E-state index contributed by atoms with van der Waals surface area (Å²) in [7, 11) is 0. The van der Waals surface area contributed by atoms with Gasteiger partial charge in [-0.25, -0.2) is 0 Å². The van der Waals surface area contributed by atoms with Crippen LogP contribution < -0.4 is 0 Å². The zero-order valence-corrected chi connectivity index (χ0v) is 60.7. The number of aliphatic hydroxyl groups excluding tert-OH is 1. The van der Waals surface area contributed by atoms with Gasteiger partial charge in [0.15, 0.2) is 0 Å². The number of benzene rings is 10. The van der Waals surface area contributed by atoms with Crippen molar-refractivity contribution in [3.63, 3.8) is 0 Å². The van der Waals surface area contributed by atoms with Crippen LogP contribution in [0.4, 0.5) is 0 Å². The van der Waals surface area contributed by atoms with Gasteiger partial charge in [0.05, 0.1) is 6.61 Å². The Morgan fingerprint density at radius 3 is 0.990 bits per heavy atom. The fourth-order valence-electron chi connectivity index (χ4n) is 8.68. The summed E-state index contributed by atoms with van der Waals surface area (Å²) in [6.45, 7) is 35.0. The van der Waals surface area contributed by atoms with Gasteiger partial charge in [-0.2, -0.15) is 0 Å². The zero-order chi connectivity index (χ0) is 73.2. The first-order valence-electron chi connectivity index (χ1n) is 33.1. The number of aromatic hydroxyl groups is 10. The molecule has 0 atom stereocenters. The van der Waals surface area contributed by atoms with Gasteiger partial charge in [0.1, 0.15) is 57.5 Å². The summed E-state index contributed by atoms with van der Waals surface area (Å²) in [5.74, 6) is 3.97. The number of phenolic OH excluding ortho intramolecular Hbond substituents is 10. The van der Waals surface area contributed by atoms with Crippen LogP contribution >= 0.6 is 0 Å². The number of unbranched alkanes of at least 4 members (excludes halogenated alkanes) is 1. The second-order valence-electron chi connectivity index (χ2n) is 25.2. The molecule has 0 spiro atoms. The molecule has 11 heteroatoms. The van der Waals surface area contributed by atoms with Gasteiger partial charge < -0.3 is 56.2 Å². The minimum absolute atomic E-state index is 0.0281. The molecule has 11 N–H and O–H groups in total. The maximum Gasteiger partial charge on any atom is 0.121 e. The first-order valence-corrected chi connectivity index (χ1v) is 33.1. The molecule has 0 bridgehead atoms. The fourth-order valence-corrected chi connectivity index (χ4v) is 8.68. The van der Waals surface area contributed by atoms with Gasteiger partial charge in [0.2, 0.25) is 0 Å². The molecule has 0 heterocycles. The Kier molecular flexibility index (Phi) is 40.7. The van der Waals surface area contributed by atoms with Crippen LogP contribution in [0.5, 0.6) is 57.5 Å². The molecule has 10 aromatic rings. The van der Waals surface area contributed by atoms with Crippen LogP contribution in [0.25, 0.3) is 0 Å². The van der Waals surface area contributed by atoms with E-state index < -0.39 is 0 Å². The first-order chi connectivity index (χ1) is 45.7. The molecule has 0 aliphatic heterocycles. The highest BCUT2D eigenvalue weighted by molar-refractivity contribution is 5.42. The van der Waals surface area contributed by atoms with Crippen molar-refractivity contribution in [1.82, 2.24) is 0 Å². The summed E-state index contributed by atoms with van der Waals surface area (Å²) in [6, 6.07) is 63.4. The average molecular weight is 1320 g/mol. The largest absolute Gasteiger partial charge is 0.508 e. The van der Waals surface area contributed by atoms with E-state index in [-0.39, 0.29) is 17.8 Å². The van der Waals surface area contributed by atoms with Crippen LogP contribution in [0.15, 0.2) is 212 Å². The molecule has 0 aliphatic carbocycles. The lowest BCUT2D eigenvalue weighted by Gasteiger charge is -2.18. The molecule has 10 rings (SSSR count). The summed E-state index contributed by atoms with van der Waals surface area (Å²) in [4.78, 5) is 0. The van der Waals surface area contributed by atoms with Crippen molar-refractivity contribution in [3.05, 3.63) is 296 Å². The van der Waals surface area contributed by atoms with E-state index in [9.17, 15) is 5.11 Å². The number of rotatable bonds is 8. The number of aryl methyl sites for hydroxylation is 11. The molecule has 0 saturated heterocycles. The Hall–Kier alpha value is -9.84. The predicted octanol–water partition coefficient (Wildman–Crippen LogP) is 21.5. The molecular weight excluding hydrogens is 1210 g/mol. The van der Waals surface area contributed by atoms with Crippen molar-refractivity contribution in [2.45, 2.75) is 174 Å². The van der Waals surface area contributed by atoms with E-state index in [0.717, 1.165) is 59.1 Å². The highest BCUT2D eigenvalue weighted by atomic mass is 16.3. The maximum atomic E-state index is 9.33. The van der Waals surface area contributed by atoms with E-state index in [1.807, 2.05) is 152 Å². The average Bonchev–Trinajstić information content (AvgIpc) is 1.11. The Labute approximate surface area is 580 Å². The van der Waals surface area contributed by atoms with Crippen LogP contribution in [-0.4, -0.2) is 56.2 Å². The number of hydrogen-bond donors (Lipinski definition) is 11. The second kappa shape index (κ2) is 46.3. The van der Waals surface area contributed by atoms with Gasteiger partial charge in [-0.1, -0.05) is 194 Å². The van der Waals surface area contributed by atoms with Gasteiger partial charge in [-0.15, -0.1) is 0 Å². The highest BCUT2D eigenvalue weighted by Crippen LogP contribution is 2.25. The van der Waals surface area contributed by atoms with E-state index in [4.69, 9.17) is 51.1 Å². The number of hydrogen-bond acceptors (Lipinski definition) is 11. The molecule has 10 aromatic carbocycles. The molecule has 0 unspecified atom stereocenters. The van der Waals surface area contributed by atoms with Gasteiger partial charge >= 0.3 is 0 Å². The molecule has 0 aliphatic rings. The minimum Gasteiger partial charge on any atom is -0.508 e. The molecule has 0 amide bonds. The van der Waals surface area contributed by atoms with Gasteiger partial charge in [-0.3, -0.25) is 0 Å². The monoisotopic (exact) mass is 1320 g/mol. The third-order valence-electron chi connectivity index (χ3n) is 14.9. The van der Waals surface area contributed by atoms with E-state index >= 15 is 0 Å². The van der Waals surface area contributed by atoms with Crippen molar-refractivity contribution < 1.29 is 56.2 Å². The lowest BCUT2D eigenvalue weighted by atomic mass is 9.87. The summed E-state index contributed by atoms with van der Waals surface area (Å²) >= 11 is 0. The second-order valence-corrected chi connectivity index (χ2v) is 25.2. The Morgan fingerprint density at radius 2 is 0.660 bits per heavy atom. The van der Waals surface area contributed by atoms with Crippen LogP contribution in [0.1, 0.15) is 164 Å². The molecule has 0 saturated carbocycles. The Morgan fingerprint density at radius 1 is 0.320 bits per heavy atom. The summed E-state index contributed by atoms with van der Waals surface area (Å²) in [6.07, 6.45) is 6.85. The van der Waals surface area contributed by atoms with E-state index in [1.54, 1.807) is 115 Å². The summed E-state index contributed by atoms with van der Waals surface area (Å²) in [5.41, 5.74) is 17.3. The van der Waals surface area contributed by atoms with Gasteiger partial charge in [0, 0.05) is 0 Å². The molecule has 0 aromatic heterocycles. The maximum absolute atomic E-state index is 9.33. The Bertz CT molecular complexity index is 3530. The molecule has 0 fully saturated rings. The number of phenols is 10. The summed E-state index contributed by atoms with van der Waals surface area (Å²) in [5, 5.41) is 98.3. The van der Waals surface area contributed by atoms with Crippen molar-refractivity contribution in [2.75, 3.05) is 0 Å². The lowest BCUT2D eigenvalue weighted by Crippen LogP contribution is -2.10. The zero-order valence-electron chi connectivity index (χ0n) is 60.7. The SMILES string of the molecule is CC(C)(C)c1ccc(O)cc1.CC(C)c1ccc(O)cc1.CCCCc1ccc(O)cc1.CCCc1ccc(O)cc1.CCc1ccc(O)cc1.Cc1cc(C)c(O)c(C)c1.Cc1cc(O)cc(C)c1C.Cc1ccc(O)c(C)c1.Cc1ccc(O)cc1.OCc1ccc(O)cc1. The number of aliphatic hydroxyl groups is 1. The van der Waals surface area contributed by atoms with Crippen LogP contribution in [-0.2, 0) is 31.3 Å². The van der Waals surface area contributed by atoms with Crippen LogP contribution in [0.3, 0.4) is 0 Å². The summed E-state index contributed by atoms with van der Waals surface area (Å²) < 4.78 is 0. The van der Waals surface area contributed by atoms with Crippen molar-refractivity contribution in [3.8, 4) is 57.5 Å². The molecular formula is C86H112O11. The smallest absolute Gasteiger partial charge is 0.121 e. The highest BCUT2D eigenvalue weighted by Gasteiger charge is 2.12. The minimum atomic E-state index is 0.0281. The molecule has 11 nitrogen and oxygen atoms in total. The van der Waals surface area contributed by atoms with E-state index in [1.165, 1.54) is 62.9 Å². The standard InChI is InChI=1S/2C10H14O.4C9H12O.2C8H10O.C7H8O2.C7H8O/c1-10(2,3)8-4-6-9(11)7-5-8;1-2-3-4-9-5-7-10(11)8-6-9;1-6-4-9(10)5-7(2)8(6)3;1-6-4-7(2)9(10)8(3)5-6;1-7(2)8-3-5-9(10)6-4-8;1-2-3-8-4-6-9(10)7-5-8;1-6-3-4-8(9)7(2)5-6;1-2-7-3-5-8(9)6-4-7;8-5-6-1-3-7(9)4-2-6;1-6-2-4-7(8)5-3-6/h4-7,11H,1-3H3;5-8,11H,2-4H2,1H3;2*4-5,10H,1-3H3;3-7,10H,1-2H3;4-7,10H,2-3H2,1H3;3-5,9H,1-2H3;3-6,9H,2H2,1H3;1-4,8-9H,5H2;2-5,8H,1H3. The lowest BCUT2D eigenvalue weighted by molar-refractivity contribution is 0.281. The van der Waals surface area contributed by atoms with Crippen molar-refractivity contribution in [2.24, 2.45) is 0 Å². The van der Waals surface area contributed by atoms with Gasteiger partial charge in [0.25, 0.3) is 0 Å². The van der Waals surface area contributed by atoms with Crippen molar-refractivity contribution in [1.29, 1.82) is 0 Å². The van der Waals surface area contributed by atoms with E-state index in [0.29, 0.717) is 57.7 Å². The van der Waals surface area contributed by atoms with Crippen LogP contribution in [0.2, 0.25) is 0 Å². The third-order valence-corrected chi connectivity index (χ3v) is 14.9. The predicted molar refractivity (Wildman–Crippen MR) is 404 cm³/mol. The molecule has 97 heavy (non-hydrogen) atoms. The normalized spacial score (nSPS) is 9.93. The fraction of sp³-hybridized carbons (Fsp3) is 0.302. The Balaban J connectivity index is 0.000000539. The quantitative estimate of drug-likeness (QED) is 0.0687. The van der Waals surface area contributed by atoms with E-state index in [2.05, 4.69) is 62.3 Å². The van der Waals surface area contributed by atoms with Crippen molar-refractivity contribution >= 4 is 0 Å². The first kappa shape index (κ1) is 85.2. The topological polar surface area (TPSA) is 223 Å². The molecule has 0 radical (unpaired) electrons.